The summed E-state index contributed by atoms with van der Waals surface area (Å²) in [6, 6.07) is 19.9. The average molecular weight is 522 g/mol. The molecule has 1 aliphatic rings. The summed E-state index contributed by atoms with van der Waals surface area (Å²) in [5.41, 5.74) is 3.33. The Morgan fingerprint density at radius 2 is 1.92 bits per heavy atom. The lowest BCUT2D eigenvalue weighted by Crippen LogP contribution is -2.41. The van der Waals surface area contributed by atoms with Gasteiger partial charge < -0.3 is 15.4 Å². The summed E-state index contributed by atoms with van der Waals surface area (Å²) in [6.45, 7) is 1.86. The molecule has 0 aliphatic carbocycles. The lowest BCUT2D eigenvalue weighted by molar-refractivity contribution is -0.122. The van der Waals surface area contributed by atoms with E-state index in [1.54, 1.807) is 36.7 Å². The van der Waals surface area contributed by atoms with Crippen LogP contribution in [0.2, 0.25) is 0 Å². The van der Waals surface area contributed by atoms with Crippen molar-refractivity contribution in [2.24, 2.45) is 0 Å². The van der Waals surface area contributed by atoms with E-state index in [1.165, 1.54) is 10.7 Å². The van der Waals surface area contributed by atoms with Gasteiger partial charge in [-0.3, -0.25) is 9.59 Å². The highest BCUT2D eigenvalue weighted by atomic mass is 16.5. The number of nitrogens with one attached hydrogen (secondary N) is 2. The third-order valence-corrected chi connectivity index (χ3v) is 6.35. The van der Waals surface area contributed by atoms with Gasteiger partial charge in [-0.05, 0) is 49.2 Å². The zero-order valence-corrected chi connectivity index (χ0v) is 21.2. The number of hydrogen-bond donors (Lipinski definition) is 2. The van der Waals surface area contributed by atoms with Gasteiger partial charge in [0.1, 0.15) is 6.61 Å². The molecule has 1 amide bonds. The molecule has 2 aromatic carbocycles. The Kier molecular flexibility index (Phi) is 8.00. The maximum absolute atomic E-state index is 12.5. The molecule has 0 bridgehead atoms. The molecule has 10 nitrogen and oxygen atoms in total. The monoisotopic (exact) mass is 521 g/mol. The first-order chi connectivity index (χ1) is 19.1. The molecular weight excluding hydrogens is 494 g/mol. The number of carbonyl (C=O) groups excluding carboxylic acids is 1. The van der Waals surface area contributed by atoms with Crippen molar-refractivity contribution in [3.63, 3.8) is 0 Å². The highest BCUT2D eigenvalue weighted by Crippen LogP contribution is 2.20. The summed E-state index contributed by atoms with van der Waals surface area (Å²) >= 11 is 0. The van der Waals surface area contributed by atoms with Gasteiger partial charge in [-0.2, -0.15) is 10.4 Å². The molecule has 1 saturated heterocycles. The molecule has 0 saturated carbocycles. The van der Waals surface area contributed by atoms with Crippen LogP contribution in [0.3, 0.4) is 0 Å². The van der Waals surface area contributed by atoms with Crippen molar-refractivity contribution in [3.8, 4) is 34.5 Å². The van der Waals surface area contributed by atoms with E-state index in [0.29, 0.717) is 36.0 Å². The van der Waals surface area contributed by atoms with Crippen LogP contribution in [0.15, 0.2) is 77.9 Å². The first-order valence-electron chi connectivity index (χ1n) is 12.7. The minimum Gasteiger partial charge on any atom is -0.489 e. The minimum absolute atomic E-state index is 0.0000275. The molecule has 5 rings (SSSR count). The van der Waals surface area contributed by atoms with Gasteiger partial charge in [0.25, 0.3) is 5.56 Å². The Morgan fingerprint density at radius 1 is 1.10 bits per heavy atom. The van der Waals surface area contributed by atoms with Crippen LogP contribution in [-0.2, 0) is 11.3 Å². The van der Waals surface area contributed by atoms with Gasteiger partial charge in [0.15, 0.2) is 11.6 Å². The standard InChI is InChI=1S/C29H27N7O3/c30-16-20-4-1-6-22(14-20)25-9-10-27(37)36(35-25)19-21-5-2-7-23(15-21)28-33-17-24(18-34-28)39-13-12-32-29(38)26-8-3-11-31-26/h1-2,4-7,9-10,14-15,17-18,26,31H,3,8,11-13,19H2,(H,32,38). The molecule has 3 heterocycles. The number of nitriles is 1. The second kappa shape index (κ2) is 12.1. The van der Waals surface area contributed by atoms with E-state index in [9.17, 15) is 14.9 Å². The summed E-state index contributed by atoms with van der Waals surface area (Å²) in [4.78, 5) is 33.4. The predicted molar refractivity (Wildman–Crippen MR) is 145 cm³/mol. The fourth-order valence-electron chi connectivity index (χ4n) is 4.36. The minimum atomic E-state index is -0.228. The number of hydrogen-bond acceptors (Lipinski definition) is 8. The quantitative estimate of drug-likeness (QED) is 0.321. The molecule has 39 heavy (non-hydrogen) atoms. The topological polar surface area (TPSA) is 135 Å². The van der Waals surface area contributed by atoms with E-state index in [1.807, 2.05) is 30.3 Å². The number of ether oxygens (including phenoxy) is 1. The van der Waals surface area contributed by atoms with Crippen LogP contribution in [0.4, 0.5) is 0 Å². The number of nitrogens with zero attached hydrogens (tertiary/aromatic N) is 5. The van der Waals surface area contributed by atoms with Crippen LogP contribution in [0.1, 0.15) is 24.0 Å². The second-order valence-electron chi connectivity index (χ2n) is 9.14. The molecule has 0 radical (unpaired) electrons. The molecular formula is C29H27N7O3. The average Bonchev–Trinajstić information content (AvgIpc) is 3.52. The Labute approximate surface area is 225 Å². The van der Waals surface area contributed by atoms with E-state index in [4.69, 9.17) is 4.74 Å². The van der Waals surface area contributed by atoms with Gasteiger partial charge in [-0.1, -0.05) is 30.3 Å². The Hall–Kier alpha value is -4.88. The van der Waals surface area contributed by atoms with E-state index >= 15 is 0 Å². The molecule has 2 aromatic heterocycles. The highest BCUT2D eigenvalue weighted by molar-refractivity contribution is 5.81. The van der Waals surface area contributed by atoms with Crippen molar-refractivity contribution in [1.29, 1.82) is 5.26 Å². The van der Waals surface area contributed by atoms with Gasteiger partial charge in [-0.25, -0.2) is 14.6 Å². The zero-order chi connectivity index (χ0) is 27.0. The SMILES string of the molecule is N#Cc1cccc(-c2ccc(=O)n(Cc3cccc(-c4ncc(OCCNC(=O)C5CCCN5)cn4)c3)n2)c1. The maximum atomic E-state index is 12.5. The van der Waals surface area contributed by atoms with E-state index < -0.39 is 0 Å². The van der Waals surface area contributed by atoms with Crippen molar-refractivity contribution < 1.29 is 9.53 Å². The van der Waals surface area contributed by atoms with Gasteiger partial charge in [0.05, 0.1) is 48.9 Å². The number of amides is 1. The highest BCUT2D eigenvalue weighted by Gasteiger charge is 2.21. The normalized spacial score (nSPS) is 14.5. The van der Waals surface area contributed by atoms with Crippen molar-refractivity contribution >= 4 is 5.91 Å². The summed E-state index contributed by atoms with van der Waals surface area (Å²) in [5, 5.41) is 19.7. The van der Waals surface area contributed by atoms with Gasteiger partial charge in [0, 0.05) is 17.2 Å². The van der Waals surface area contributed by atoms with Crippen LogP contribution in [0, 0.1) is 11.3 Å². The van der Waals surface area contributed by atoms with Crippen molar-refractivity contribution in [2.75, 3.05) is 19.7 Å². The van der Waals surface area contributed by atoms with Crippen LogP contribution in [0.5, 0.6) is 5.75 Å². The Morgan fingerprint density at radius 3 is 2.72 bits per heavy atom. The summed E-state index contributed by atoms with van der Waals surface area (Å²) in [6.07, 6.45) is 5.07. The van der Waals surface area contributed by atoms with Crippen molar-refractivity contribution in [2.45, 2.75) is 25.4 Å². The number of rotatable bonds is 9. The molecule has 1 unspecified atom stereocenters. The summed E-state index contributed by atoms with van der Waals surface area (Å²) in [7, 11) is 0. The Balaban J connectivity index is 1.21. The lowest BCUT2D eigenvalue weighted by atomic mass is 10.1. The summed E-state index contributed by atoms with van der Waals surface area (Å²) < 4.78 is 7.06. The van der Waals surface area contributed by atoms with E-state index in [0.717, 1.165) is 36.1 Å². The number of benzene rings is 2. The van der Waals surface area contributed by atoms with Gasteiger partial charge >= 0.3 is 0 Å². The molecule has 1 fully saturated rings. The molecule has 2 N–H and O–H groups in total. The van der Waals surface area contributed by atoms with Crippen LogP contribution >= 0.6 is 0 Å². The number of aromatic nitrogens is 4. The third-order valence-electron chi connectivity index (χ3n) is 6.35. The largest absolute Gasteiger partial charge is 0.489 e. The smallest absolute Gasteiger partial charge is 0.267 e. The Bertz CT molecular complexity index is 1550. The summed E-state index contributed by atoms with van der Waals surface area (Å²) in [5.74, 6) is 1.03. The predicted octanol–water partition coefficient (Wildman–Crippen LogP) is 2.53. The van der Waals surface area contributed by atoms with Crippen molar-refractivity contribution in [3.05, 3.63) is 94.5 Å². The maximum Gasteiger partial charge on any atom is 0.267 e. The molecule has 4 aromatic rings. The molecule has 10 heteroatoms. The van der Waals surface area contributed by atoms with Crippen LogP contribution < -0.4 is 20.9 Å². The van der Waals surface area contributed by atoms with Gasteiger partial charge in [-0.15, -0.1) is 0 Å². The molecule has 1 atom stereocenters. The fourth-order valence-corrected chi connectivity index (χ4v) is 4.36. The molecule has 1 aliphatic heterocycles. The second-order valence-corrected chi connectivity index (χ2v) is 9.14. The van der Waals surface area contributed by atoms with Gasteiger partial charge in [0.2, 0.25) is 5.91 Å². The first-order valence-corrected chi connectivity index (χ1v) is 12.7. The lowest BCUT2D eigenvalue weighted by Gasteiger charge is -2.11. The van der Waals surface area contributed by atoms with E-state index in [2.05, 4.69) is 31.8 Å². The van der Waals surface area contributed by atoms with E-state index in [-0.39, 0.29) is 24.1 Å². The van der Waals surface area contributed by atoms with Crippen molar-refractivity contribution in [1.82, 2.24) is 30.4 Å². The first kappa shape index (κ1) is 25.8. The van der Waals surface area contributed by atoms with Crippen LogP contribution in [-0.4, -0.2) is 51.4 Å². The zero-order valence-electron chi connectivity index (χ0n) is 21.2. The fraction of sp³-hybridized carbons (Fsp3) is 0.241. The van der Waals surface area contributed by atoms with Crippen LogP contribution in [0.25, 0.3) is 22.6 Å². The molecule has 0 spiro atoms. The molecule has 196 valence electrons. The third kappa shape index (κ3) is 6.52. The number of carbonyl (C=O) groups is 1.